The summed E-state index contributed by atoms with van der Waals surface area (Å²) in [7, 11) is 0. The number of benzene rings is 1. The predicted octanol–water partition coefficient (Wildman–Crippen LogP) is 3.49. The van der Waals surface area contributed by atoms with Crippen LogP contribution in [0.4, 0.5) is 5.69 Å². The predicted molar refractivity (Wildman–Crippen MR) is 89.9 cm³/mol. The summed E-state index contributed by atoms with van der Waals surface area (Å²) < 4.78 is 1.56. The van der Waals surface area contributed by atoms with Crippen molar-refractivity contribution >= 4 is 60.7 Å². The van der Waals surface area contributed by atoms with Gasteiger partial charge in [-0.05, 0) is 56.1 Å². The molecule has 0 saturated heterocycles. The molecule has 1 amide bonds. The molecule has 0 saturated carbocycles. The van der Waals surface area contributed by atoms with Gasteiger partial charge in [-0.3, -0.25) is 9.78 Å². The molecule has 1 aromatic carbocycles. The van der Waals surface area contributed by atoms with Crippen molar-refractivity contribution in [2.45, 2.75) is 0 Å². The van der Waals surface area contributed by atoms with Crippen molar-refractivity contribution in [3.8, 4) is 0 Å². The Balaban J connectivity index is 2.22. The molecule has 0 atom stereocenters. The summed E-state index contributed by atoms with van der Waals surface area (Å²) in [4.78, 5) is 16.4. The summed E-state index contributed by atoms with van der Waals surface area (Å²) in [5.41, 5.74) is 7.04. The lowest BCUT2D eigenvalue weighted by Gasteiger charge is -2.09. The van der Waals surface area contributed by atoms with Crippen molar-refractivity contribution in [2.75, 3.05) is 5.32 Å². The third-order valence-electron chi connectivity index (χ3n) is 2.48. The highest BCUT2D eigenvalue weighted by Crippen LogP contribution is 2.30. The van der Waals surface area contributed by atoms with Gasteiger partial charge in [0, 0.05) is 20.7 Å². The van der Waals surface area contributed by atoms with Gasteiger partial charge in [0.15, 0.2) is 0 Å². The quantitative estimate of drug-likeness (QED) is 0.754. The first-order valence-electron chi connectivity index (χ1n) is 5.50. The van der Waals surface area contributed by atoms with Crippen LogP contribution in [0.1, 0.15) is 16.1 Å². The number of nitrogens with one attached hydrogen (secondary N) is 1. The molecule has 0 aliphatic carbocycles. The molecule has 0 bridgehead atoms. The van der Waals surface area contributed by atoms with Crippen LogP contribution in [-0.4, -0.2) is 15.9 Å². The second kappa shape index (κ2) is 6.43. The van der Waals surface area contributed by atoms with Crippen molar-refractivity contribution < 1.29 is 4.79 Å². The van der Waals surface area contributed by atoms with Crippen LogP contribution >= 0.6 is 44.1 Å². The van der Waals surface area contributed by atoms with Gasteiger partial charge in [0.25, 0.3) is 5.91 Å². The van der Waals surface area contributed by atoms with Gasteiger partial charge in [0.2, 0.25) is 0 Å². The smallest absolute Gasteiger partial charge is 0.274 e. The van der Waals surface area contributed by atoms with E-state index in [0.29, 0.717) is 11.3 Å². The van der Waals surface area contributed by atoms with E-state index in [1.165, 1.54) is 6.20 Å². The fourth-order valence-corrected chi connectivity index (χ4v) is 2.79. The molecule has 4 nitrogen and oxygen atoms in total. The Labute approximate surface area is 138 Å². The van der Waals surface area contributed by atoms with Gasteiger partial charge in [0.05, 0.1) is 5.69 Å². The number of nitrogens with two attached hydrogens (primary N) is 1. The fraction of sp³-hybridized carbons (Fsp3) is 0. The minimum atomic E-state index is -0.313. The zero-order valence-corrected chi connectivity index (χ0v) is 14.0. The zero-order chi connectivity index (χ0) is 14.7. The van der Waals surface area contributed by atoms with E-state index in [0.717, 1.165) is 8.95 Å². The third kappa shape index (κ3) is 3.41. The molecule has 20 heavy (non-hydrogen) atoms. The molecule has 3 N–H and O–H groups in total. The summed E-state index contributed by atoms with van der Waals surface area (Å²) in [5, 5.41) is 2.78. The molecular formula is C13H9Br2N3OS. The van der Waals surface area contributed by atoms with Crippen molar-refractivity contribution in [3.05, 3.63) is 56.7 Å². The number of carbonyl (C=O) groups excluding carboxylic acids is 1. The van der Waals surface area contributed by atoms with Crippen LogP contribution in [0.2, 0.25) is 0 Å². The van der Waals surface area contributed by atoms with Crippen molar-refractivity contribution in [2.24, 2.45) is 5.73 Å². The van der Waals surface area contributed by atoms with Gasteiger partial charge in [-0.1, -0.05) is 18.3 Å². The molecule has 0 aliphatic heterocycles. The van der Waals surface area contributed by atoms with Gasteiger partial charge in [-0.15, -0.1) is 0 Å². The molecular weight excluding hydrogens is 406 g/mol. The topological polar surface area (TPSA) is 68.0 Å². The highest BCUT2D eigenvalue weighted by molar-refractivity contribution is 9.11. The number of anilines is 1. The first-order valence-corrected chi connectivity index (χ1v) is 7.49. The maximum atomic E-state index is 12.1. The van der Waals surface area contributed by atoms with Gasteiger partial charge >= 0.3 is 0 Å². The Morgan fingerprint density at radius 1 is 1.20 bits per heavy atom. The lowest BCUT2D eigenvalue weighted by molar-refractivity contribution is 0.102. The van der Waals surface area contributed by atoms with Crippen LogP contribution in [-0.2, 0) is 0 Å². The number of carbonyl (C=O) groups is 1. The molecule has 0 spiro atoms. The van der Waals surface area contributed by atoms with Crippen LogP contribution in [0.5, 0.6) is 0 Å². The highest BCUT2D eigenvalue weighted by Gasteiger charge is 2.12. The number of thiocarbonyl (C=S) groups is 1. The number of rotatable bonds is 3. The summed E-state index contributed by atoms with van der Waals surface area (Å²) in [6, 6.07) is 8.78. The molecule has 0 aliphatic rings. The molecule has 2 aromatic rings. The summed E-state index contributed by atoms with van der Waals surface area (Å²) in [5.74, 6) is -0.313. The standard InChI is InChI=1S/C13H9Br2N3OS/c14-8-2-1-3-9(15)11(8)18-13(19)10-5-4-7(6-17-10)12(16)20/h1-6H,(H2,16,20)(H,18,19). The van der Waals surface area contributed by atoms with E-state index >= 15 is 0 Å². The van der Waals surface area contributed by atoms with Crippen LogP contribution in [0.15, 0.2) is 45.5 Å². The first kappa shape index (κ1) is 15.1. The normalized spacial score (nSPS) is 10.1. The van der Waals surface area contributed by atoms with E-state index in [2.05, 4.69) is 42.2 Å². The summed E-state index contributed by atoms with van der Waals surface area (Å²) >= 11 is 11.6. The van der Waals surface area contributed by atoms with Crippen LogP contribution < -0.4 is 11.1 Å². The van der Waals surface area contributed by atoms with E-state index in [-0.39, 0.29) is 16.6 Å². The van der Waals surface area contributed by atoms with E-state index in [1.807, 2.05) is 18.2 Å². The highest BCUT2D eigenvalue weighted by atomic mass is 79.9. The monoisotopic (exact) mass is 413 g/mol. The molecule has 1 aromatic heterocycles. The van der Waals surface area contributed by atoms with Crippen LogP contribution in [0, 0.1) is 0 Å². The third-order valence-corrected chi connectivity index (χ3v) is 4.04. The number of amides is 1. The number of para-hydroxylation sites is 1. The second-order valence-electron chi connectivity index (χ2n) is 3.85. The van der Waals surface area contributed by atoms with Crippen molar-refractivity contribution in [3.63, 3.8) is 0 Å². The van der Waals surface area contributed by atoms with E-state index in [4.69, 9.17) is 18.0 Å². The number of pyridine rings is 1. The average Bonchev–Trinajstić information content (AvgIpc) is 2.43. The Bertz CT molecular complexity index is 654. The Hall–Kier alpha value is -1.31. The van der Waals surface area contributed by atoms with Crippen LogP contribution in [0.25, 0.3) is 0 Å². The van der Waals surface area contributed by atoms with Gasteiger partial charge in [0.1, 0.15) is 10.7 Å². The lowest BCUT2D eigenvalue weighted by Crippen LogP contribution is -2.16. The van der Waals surface area contributed by atoms with E-state index < -0.39 is 0 Å². The Morgan fingerprint density at radius 2 is 1.85 bits per heavy atom. The Morgan fingerprint density at radius 3 is 2.35 bits per heavy atom. The summed E-state index contributed by atoms with van der Waals surface area (Å²) in [6.07, 6.45) is 1.48. The molecule has 102 valence electrons. The molecule has 1 heterocycles. The number of hydrogen-bond donors (Lipinski definition) is 2. The number of nitrogens with zero attached hydrogens (tertiary/aromatic N) is 1. The molecule has 0 fully saturated rings. The largest absolute Gasteiger partial charge is 0.389 e. The number of hydrogen-bond acceptors (Lipinski definition) is 3. The van der Waals surface area contributed by atoms with Gasteiger partial charge < -0.3 is 11.1 Å². The average molecular weight is 415 g/mol. The van der Waals surface area contributed by atoms with Crippen LogP contribution in [0.3, 0.4) is 0 Å². The molecule has 7 heteroatoms. The maximum Gasteiger partial charge on any atom is 0.274 e. The number of halogens is 2. The molecule has 0 unspecified atom stereocenters. The molecule has 0 radical (unpaired) electrons. The SMILES string of the molecule is NC(=S)c1ccc(C(=O)Nc2c(Br)cccc2Br)nc1. The minimum absolute atomic E-state index is 0.248. The van der Waals surface area contributed by atoms with Gasteiger partial charge in [-0.2, -0.15) is 0 Å². The van der Waals surface area contributed by atoms with Crippen molar-refractivity contribution in [1.82, 2.24) is 4.98 Å². The van der Waals surface area contributed by atoms with E-state index in [1.54, 1.807) is 12.1 Å². The van der Waals surface area contributed by atoms with E-state index in [9.17, 15) is 4.79 Å². The number of aromatic nitrogens is 1. The lowest BCUT2D eigenvalue weighted by atomic mass is 10.2. The first-order chi connectivity index (χ1) is 9.49. The van der Waals surface area contributed by atoms with Gasteiger partial charge in [-0.25, -0.2) is 0 Å². The summed E-state index contributed by atoms with van der Waals surface area (Å²) in [6.45, 7) is 0. The second-order valence-corrected chi connectivity index (χ2v) is 6.00. The Kier molecular flexibility index (Phi) is 4.85. The van der Waals surface area contributed by atoms with Crippen molar-refractivity contribution in [1.29, 1.82) is 0 Å². The maximum absolute atomic E-state index is 12.1. The minimum Gasteiger partial charge on any atom is -0.389 e. The molecule has 2 rings (SSSR count). The fourth-order valence-electron chi connectivity index (χ4n) is 1.47. The zero-order valence-electron chi connectivity index (χ0n) is 10.1.